The normalized spacial score (nSPS) is 32.6. The van der Waals surface area contributed by atoms with Crippen LogP contribution in [0.15, 0.2) is 0 Å². The molecule has 1 aliphatic carbocycles. The standard InChI is InChI=1S/C11H15NO3/c1-7-2-3-8(13)6-9(7)12-10(14)4-5-11(12)15/h7,9H,2-6H2,1H3. The van der Waals surface area contributed by atoms with Gasteiger partial charge >= 0.3 is 0 Å². The van der Waals surface area contributed by atoms with Gasteiger partial charge in [-0.15, -0.1) is 0 Å². The van der Waals surface area contributed by atoms with Gasteiger partial charge in [0, 0.05) is 31.7 Å². The van der Waals surface area contributed by atoms with Crippen LogP contribution in [0.2, 0.25) is 0 Å². The molecule has 2 amide bonds. The average molecular weight is 209 g/mol. The SMILES string of the molecule is CC1CCC(=O)CC1N1C(=O)CCC1=O. The molecular formula is C11H15NO3. The fourth-order valence-electron chi connectivity index (χ4n) is 2.43. The quantitative estimate of drug-likeness (QED) is 0.603. The summed E-state index contributed by atoms with van der Waals surface area (Å²) in [6.07, 6.45) is 2.37. The molecule has 15 heavy (non-hydrogen) atoms. The molecule has 0 aromatic rings. The van der Waals surface area contributed by atoms with Crippen LogP contribution in [0, 0.1) is 5.92 Å². The zero-order valence-corrected chi connectivity index (χ0v) is 8.86. The van der Waals surface area contributed by atoms with E-state index >= 15 is 0 Å². The molecule has 4 heteroatoms. The van der Waals surface area contributed by atoms with Crippen LogP contribution in [0.25, 0.3) is 0 Å². The summed E-state index contributed by atoms with van der Waals surface area (Å²) in [4.78, 5) is 35.7. The van der Waals surface area contributed by atoms with E-state index in [-0.39, 0.29) is 29.6 Å². The number of Topliss-reactive ketones (excluding diaryl/α,β-unsaturated/α-hetero) is 1. The number of rotatable bonds is 1. The lowest BCUT2D eigenvalue weighted by Gasteiger charge is -2.34. The second-order valence-electron chi connectivity index (χ2n) is 4.48. The van der Waals surface area contributed by atoms with E-state index in [0.717, 1.165) is 6.42 Å². The van der Waals surface area contributed by atoms with Gasteiger partial charge in [0.05, 0.1) is 0 Å². The Morgan fingerprint density at radius 3 is 2.27 bits per heavy atom. The number of likely N-dealkylation sites (tertiary alicyclic amines) is 1. The lowest BCUT2D eigenvalue weighted by Crippen LogP contribution is -2.46. The smallest absolute Gasteiger partial charge is 0.229 e. The van der Waals surface area contributed by atoms with Crippen LogP contribution >= 0.6 is 0 Å². The molecule has 2 unspecified atom stereocenters. The molecule has 0 spiro atoms. The van der Waals surface area contributed by atoms with Crippen molar-refractivity contribution in [3.63, 3.8) is 0 Å². The predicted octanol–water partition coefficient (Wildman–Crippen LogP) is 0.893. The van der Waals surface area contributed by atoms with Gasteiger partial charge in [0.15, 0.2) is 0 Å². The number of amides is 2. The summed E-state index contributed by atoms with van der Waals surface area (Å²) in [6, 6.07) is -0.172. The van der Waals surface area contributed by atoms with Gasteiger partial charge in [-0.25, -0.2) is 0 Å². The molecule has 2 fully saturated rings. The van der Waals surface area contributed by atoms with Crippen molar-refractivity contribution in [2.75, 3.05) is 0 Å². The summed E-state index contributed by atoms with van der Waals surface area (Å²) in [5.74, 6) is 0.220. The summed E-state index contributed by atoms with van der Waals surface area (Å²) in [5.41, 5.74) is 0. The van der Waals surface area contributed by atoms with Gasteiger partial charge in [-0.3, -0.25) is 19.3 Å². The van der Waals surface area contributed by atoms with Crippen molar-refractivity contribution in [1.29, 1.82) is 0 Å². The Morgan fingerprint density at radius 2 is 1.67 bits per heavy atom. The summed E-state index contributed by atoms with van der Waals surface area (Å²) < 4.78 is 0. The molecule has 1 heterocycles. The lowest BCUT2D eigenvalue weighted by atomic mass is 9.84. The fourth-order valence-corrected chi connectivity index (χ4v) is 2.43. The van der Waals surface area contributed by atoms with Crippen molar-refractivity contribution >= 4 is 17.6 Å². The van der Waals surface area contributed by atoms with Crippen molar-refractivity contribution in [2.45, 2.75) is 45.1 Å². The third-order valence-electron chi connectivity index (χ3n) is 3.39. The highest BCUT2D eigenvalue weighted by Gasteiger charge is 2.40. The number of carbonyl (C=O) groups is 3. The molecule has 0 aromatic heterocycles. The van der Waals surface area contributed by atoms with E-state index in [2.05, 4.69) is 0 Å². The summed E-state index contributed by atoms with van der Waals surface area (Å²) in [5, 5.41) is 0. The van der Waals surface area contributed by atoms with Crippen molar-refractivity contribution in [1.82, 2.24) is 4.90 Å². The Balaban J connectivity index is 2.17. The first-order chi connectivity index (χ1) is 7.09. The Morgan fingerprint density at radius 1 is 1.07 bits per heavy atom. The largest absolute Gasteiger partial charge is 0.300 e. The topological polar surface area (TPSA) is 54.5 Å². The van der Waals surface area contributed by atoms with Gasteiger partial charge in [0.1, 0.15) is 5.78 Å². The van der Waals surface area contributed by atoms with Crippen LogP contribution in [0.3, 0.4) is 0 Å². The highest BCUT2D eigenvalue weighted by atomic mass is 16.2. The van der Waals surface area contributed by atoms with Crippen molar-refractivity contribution in [2.24, 2.45) is 5.92 Å². The number of carbonyl (C=O) groups excluding carboxylic acids is 3. The molecule has 0 N–H and O–H groups in total. The predicted molar refractivity (Wildman–Crippen MR) is 52.9 cm³/mol. The van der Waals surface area contributed by atoms with Gasteiger partial charge in [-0.2, -0.15) is 0 Å². The number of imide groups is 1. The van der Waals surface area contributed by atoms with E-state index in [1.807, 2.05) is 6.92 Å². The van der Waals surface area contributed by atoms with Crippen LogP contribution in [-0.2, 0) is 14.4 Å². The van der Waals surface area contributed by atoms with Crippen LogP contribution < -0.4 is 0 Å². The number of hydrogen-bond donors (Lipinski definition) is 0. The zero-order valence-electron chi connectivity index (χ0n) is 8.86. The maximum absolute atomic E-state index is 11.5. The minimum atomic E-state index is -0.172. The van der Waals surface area contributed by atoms with Gasteiger partial charge in [-0.1, -0.05) is 6.92 Å². The van der Waals surface area contributed by atoms with Crippen LogP contribution in [0.5, 0.6) is 0 Å². The molecule has 0 radical (unpaired) electrons. The summed E-state index contributed by atoms with van der Waals surface area (Å²) >= 11 is 0. The van der Waals surface area contributed by atoms with E-state index < -0.39 is 0 Å². The van der Waals surface area contributed by atoms with Gasteiger partial charge in [0.25, 0.3) is 0 Å². The van der Waals surface area contributed by atoms with Crippen molar-refractivity contribution < 1.29 is 14.4 Å². The molecule has 82 valence electrons. The molecular weight excluding hydrogens is 194 g/mol. The molecule has 1 saturated carbocycles. The molecule has 2 atom stereocenters. The van der Waals surface area contributed by atoms with E-state index in [1.54, 1.807) is 0 Å². The highest BCUT2D eigenvalue weighted by molar-refractivity contribution is 6.02. The zero-order chi connectivity index (χ0) is 11.0. The summed E-state index contributed by atoms with van der Waals surface area (Å²) in [7, 11) is 0. The second-order valence-corrected chi connectivity index (χ2v) is 4.48. The third-order valence-corrected chi connectivity index (χ3v) is 3.39. The molecule has 0 aromatic carbocycles. The molecule has 1 aliphatic heterocycles. The first-order valence-corrected chi connectivity index (χ1v) is 5.46. The number of nitrogens with zero attached hydrogens (tertiary/aromatic N) is 1. The maximum Gasteiger partial charge on any atom is 0.229 e. The van der Waals surface area contributed by atoms with E-state index in [9.17, 15) is 14.4 Å². The third kappa shape index (κ3) is 1.80. The van der Waals surface area contributed by atoms with Gasteiger partial charge < -0.3 is 0 Å². The minimum Gasteiger partial charge on any atom is -0.300 e. The monoisotopic (exact) mass is 209 g/mol. The van der Waals surface area contributed by atoms with E-state index in [0.29, 0.717) is 25.7 Å². The van der Waals surface area contributed by atoms with Crippen LogP contribution in [0.4, 0.5) is 0 Å². The fraction of sp³-hybridized carbons (Fsp3) is 0.727. The first kappa shape index (κ1) is 10.3. The van der Waals surface area contributed by atoms with Gasteiger partial charge in [0.2, 0.25) is 11.8 Å². The Hall–Kier alpha value is -1.19. The van der Waals surface area contributed by atoms with Crippen LogP contribution in [0.1, 0.15) is 39.0 Å². The molecule has 0 bridgehead atoms. The molecule has 4 nitrogen and oxygen atoms in total. The average Bonchev–Trinajstić information content (AvgIpc) is 2.51. The van der Waals surface area contributed by atoms with E-state index in [1.165, 1.54) is 4.90 Å². The number of hydrogen-bond acceptors (Lipinski definition) is 3. The Labute approximate surface area is 88.6 Å². The minimum absolute atomic E-state index is 0.105. The van der Waals surface area contributed by atoms with Crippen LogP contribution in [-0.4, -0.2) is 28.5 Å². The highest BCUT2D eigenvalue weighted by Crippen LogP contribution is 2.29. The maximum atomic E-state index is 11.5. The Kier molecular flexibility index (Phi) is 2.59. The molecule has 2 aliphatic rings. The van der Waals surface area contributed by atoms with Gasteiger partial charge in [-0.05, 0) is 12.3 Å². The van der Waals surface area contributed by atoms with E-state index in [4.69, 9.17) is 0 Å². The first-order valence-electron chi connectivity index (χ1n) is 5.46. The molecule has 2 rings (SSSR count). The number of ketones is 1. The Bertz CT molecular complexity index is 308. The van der Waals surface area contributed by atoms with Crippen molar-refractivity contribution in [3.8, 4) is 0 Å². The summed E-state index contributed by atoms with van der Waals surface area (Å²) in [6.45, 7) is 2.01. The molecule has 1 saturated heterocycles. The van der Waals surface area contributed by atoms with Crippen molar-refractivity contribution in [3.05, 3.63) is 0 Å². The second kappa shape index (κ2) is 3.76. The lowest BCUT2D eigenvalue weighted by molar-refractivity contribution is -0.144.